The van der Waals surface area contributed by atoms with Crippen LogP contribution in [0.4, 0.5) is 0 Å². The molecule has 0 aliphatic heterocycles. The SMILES string of the molecule is O=C(O)Cc1ccccc1[P+](=O)c1ccccc1CC(=O)O. The Morgan fingerprint density at radius 1 is 0.773 bits per heavy atom. The first-order valence-corrected chi connectivity index (χ1v) is 7.81. The molecule has 112 valence electrons. The second kappa shape index (κ2) is 6.96. The molecule has 0 aliphatic rings. The van der Waals surface area contributed by atoms with Gasteiger partial charge in [0.15, 0.2) is 10.6 Å². The molecule has 0 saturated heterocycles. The van der Waals surface area contributed by atoms with Gasteiger partial charge in [0.2, 0.25) is 0 Å². The third-order valence-electron chi connectivity index (χ3n) is 3.10. The zero-order valence-electron chi connectivity index (χ0n) is 11.6. The van der Waals surface area contributed by atoms with Crippen molar-refractivity contribution in [2.24, 2.45) is 0 Å². The van der Waals surface area contributed by atoms with Crippen LogP contribution in [0.5, 0.6) is 0 Å². The maximum atomic E-state index is 12.8. The van der Waals surface area contributed by atoms with E-state index in [0.717, 1.165) is 0 Å². The van der Waals surface area contributed by atoms with Crippen molar-refractivity contribution in [1.29, 1.82) is 0 Å². The predicted molar refractivity (Wildman–Crippen MR) is 82.4 cm³/mol. The molecule has 0 spiro atoms. The molecule has 0 aliphatic carbocycles. The van der Waals surface area contributed by atoms with Crippen molar-refractivity contribution >= 4 is 30.3 Å². The van der Waals surface area contributed by atoms with Gasteiger partial charge in [-0.15, -0.1) is 0 Å². The fraction of sp³-hybridized carbons (Fsp3) is 0.125. The van der Waals surface area contributed by atoms with Crippen LogP contribution in [0.15, 0.2) is 48.5 Å². The molecule has 6 heteroatoms. The number of aliphatic carboxylic acids is 2. The van der Waals surface area contributed by atoms with Crippen molar-refractivity contribution in [3.8, 4) is 0 Å². The van der Waals surface area contributed by atoms with Crippen LogP contribution in [0, 0.1) is 0 Å². The van der Waals surface area contributed by atoms with Gasteiger partial charge in [0.05, 0.1) is 12.8 Å². The van der Waals surface area contributed by atoms with Crippen LogP contribution in [0.1, 0.15) is 11.1 Å². The van der Waals surface area contributed by atoms with Crippen molar-refractivity contribution in [1.82, 2.24) is 0 Å². The average Bonchev–Trinajstić information content (AvgIpc) is 2.46. The first kappa shape index (κ1) is 15.9. The molecule has 0 unspecified atom stereocenters. The maximum absolute atomic E-state index is 12.8. The van der Waals surface area contributed by atoms with Crippen molar-refractivity contribution in [3.63, 3.8) is 0 Å². The first-order chi connectivity index (χ1) is 10.5. The lowest BCUT2D eigenvalue weighted by Gasteiger charge is -2.01. The normalized spacial score (nSPS) is 10.2. The van der Waals surface area contributed by atoms with Crippen molar-refractivity contribution < 1.29 is 24.4 Å². The molecule has 0 aromatic heterocycles. The first-order valence-electron chi connectivity index (χ1n) is 6.55. The Balaban J connectivity index is 2.45. The third-order valence-corrected chi connectivity index (χ3v) is 4.85. The van der Waals surface area contributed by atoms with Crippen LogP contribution < -0.4 is 10.6 Å². The Bertz CT molecular complexity index is 677. The summed E-state index contributed by atoms with van der Waals surface area (Å²) in [5.41, 5.74) is 0.947. The molecule has 0 saturated carbocycles. The molecule has 5 nitrogen and oxygen atoms in total. The van der Waals surface area contributed by atoms with Crippen molar-refractivity contribution in [3.05, 3.63) is 59.7 Å². The number of hydrogen-bond acceptors (Lipinski definition) is 3. The van der Waals surface area contributed by atoms with Gasteiger partial charge in [-0.1, -0.05) is 41.0 Å². The minimum absolute atomic E-state index is 0.224. The van der Waals surface area contributed by atoms with E-state index in [1.54, 1.807) is 48.5 Å². The van der Waals surface area contributed by atoms with E-state index in [2.05, 4.69) is 0 Å². The zero-order valence-corrected chi connectivity index (χ0v) is 12.5. The number of carbonyl (C=O) groups is 2. The highest BCUT2D eigenvalue weighted by Gasteiger charge is 2.30. The molecule has 0 heterocycles. The number of rotatable bonds is 6. The van der Waals surface area contributed by atoms with E-state index in [-0.39, 0.29) is 12.8 Å². The summed E-state index contributed by atoms with van der Waals surface area (Å²) in [7, 11) is -2.05. The van der Waals surface area contributed by atoms with Crippen molar-refractivity contribution in [2.45, 2.75) is 12.8 Å². The monoisotopic (exact) mass is 317 g/mol. The summed E-state index contributed by atoms with van der Waals surface area (Å²) in [6.45, 7) is 0. The molecule has 0 fully saturated rings. The molecular formula is C16H14O5P+. The van der Waals surface area contributed by atoms with E-state index >= 15 is 0 Å². The molecule has 22 heavy (non-hydrogen) atoms. The van der Waals surface area contributed by atoms with Gasteiger partial charge in [-0.05, 0) is 12.1 Å². The highest BCUT2D eigenvalue weighted by molar-refractivity contribution is 7.61. The fourth-order valence-corrected chi connectivity index (χ4v) is 3.70. The van der Waals surface area contributed by atoms with Gasteiger partial charge in [0.1, 0.15) is 0 Å². The third kappa shape index (κ3) is 3.77. The molecule has 0 amide bonds. The minimum atomic E-state index is -2.05. The standard InChI is InChI=1S/C16H13O5P/c17-15(18)9-11-5-1-3-7-13(11)22(21)14-8-4-2-6-12(14)10-16(19)20/h1-8H,9-10H2,(H-,17,18,19,20)/p+1. The van der Waals surface area contributed by atoms with Crippen LogP contribution >= 0.6 is 7.80 Å². The molecule has 2 aromatic carbocycles. The lowest BCUT2D eigenvalue weighted by molar-refractivity contribution is -0.137. The molecule has 2 rings (SSSR count). The highest BCUT2D eigenvalue weighted by Crippen LogP contribution is 2.24. The quantitative estimate of drug-likeness (QED) is 0.792. The number of benzene rings is 2. The summed E-state index contributed by atoms with van der Waals surface area (Å²) in [5, 5.41) is 18.7. The van der Waals surface area contributed by atoms with E-state index in [4.69, 9.17) is 10.2 Å². The summed E-state index contributed by atoms with van der Waals surface area (Å²) in [6, 6.07) is 13.2. The van der Waals surface area contributed by atoms with Gasteiger partial charge in [0, 0.05) is 11.1 Å². The Morgan fingerprint density at radius 3 is 1.50 bits per heavy atom. The Hall–Kier alpha value is -2.52. The van der Waals surface area contributed by atoms with Crippen molar-refractivity contribution in [2.75, 3.05) is 0 Å². The van der Waals surface area contributed by atoms with Crippen LogP contribution in [0.3, 0.4) is 0 Å². The van der Waals surface area contributed by atoms with Gasteiger partial charge < -0.3 is 10.2 Å². The molecule has 0 bridgehead atoms. The van der Waals surface area contributed by atoms with Gasteiger partial charge in [-0.2, -0.15) is 0 Å². The molecule has 2 aromatic rings. The lowest BCUT2D eigenvalue weighted by Crippen LogP contribution is -2.18. The summed E-state index contributed by atoms with van der Waals surface area (Å²) in [5.74, 6) is -2.01. The highest BCUT2D eigenvalue weighted by atomic mass is 31.1. The van der Waals surface area contributed by atoms with Gasteiger partial charge in [0.25, 0.3) is 0 Å². The summed E-state index contributed by atoms with van der Waals surface area (Å²) in [6.07, 6.45) is -0.448. The Kier molecular flexibility index (Phi) is 5.02. The van der Waals surface area contributed by atoms with E-state index in [0.29, 0.717) is 21.7 Å². The van der Waals surface area contributed by atoms with Gasteiger partial charge in [-0.25, -0.2) is 0 Å². The second-order valence-corrected chi connectivity index (χ2v) is 6.25. The zero-order chi connectivity index (χ0) is 16.1. The molecular weight excluding hydrogens is 303 g/mol. The van der Waals surface area contributed by atoms with Gasteiger partial charge >= 0.3 is 19.7 Å². The topological polar surface area (TPSA) is 91.7 Å². The van der Waals surface area contributed by atoms with E-state index in [9.17, 15) is 14.2 Å². The molecule has 0 atom stereocenters. The maximum Gasteiger partial charge on any atom is 0.415 e. The van der Waals surface area contributed by atoms with Crippen LogP contribution in [0.2, 0.25) is 0 Å². The second-order valence-electron chi connectivity index (χ2n) is 4.69. The lowest BCUT2D eigenvalue weighted by atomic mass is 10.1. The summed E-state index contributed by atoms with van der Waals surface area (Å²) < 4.78 is 12.8. The Morgan fingerprint density at radius 2 is 1.14 bits per heavy atom. The van der Waals surface area contributed by atoms with Gasteiger partial charge in [-0.3, -0.25) is 9.59 Å². The van der Waals surface area contributed by atoms with Crippen LogP contribution in [0.25, 0.3) is 0 Å². The fourth-order valence-electron chi connectivity index (χ4n) is 2.17. The number of carboxylic acids is 2. The summed E-state index contributed by atoms with van der Waals surface area (Å²) >= 11 is 0. The Labute approximate surface area is 128 Å². The largest absolute Gasteiger partial charge is 0.481 e. The minimum Gasteiger partial charge on any atom is -0.481 e. The number of hydrogen-bond donors (Lipinski definition) is 2. The molecule has 0 radical (unpaired) electrons. The average molecular weight is 317 g/mol. The summed E-state index contributed by atoms with van der Waals surface area (Å²) in [4.78, 5) is 21.8. The van der Waals surface area contributed by atoms with Crippen LogP contribution in [-0.2, 0) is 27.0 Å². The smallest absolute Gasteiger partial charge is 0.415 e. The molecule has 2 N–H and O–H groups in total. The predicted octanol–water partition coefficient (Wildman–Crippen LogP) is 1.72. The van der Waals surface area contributed by atoms with E-state index in [1.165, 1.54) is 0 Å². The number of carboxylic acid groups (broad SMARTS) is 2. The van der Waals surface area contributed by atoms with E-state index in [1.807, 2.05) is 0 Å². The van der Waals surface area contributed by atoms with E-state index < -0.39 is 19.7 Å². The van der Waals surface area contributed by atoms with Crippen LogP contribution in [-0.4, -0.2) is 22.2 Å².